The molecule has 3 rings (SSSR count). The minimum absolute atomic E-state index is 0. The number of amides is 1. The molecule has 0 aliphatic carbocycles. The third-order valence-electron chi connectivity index (χ3n) is 3.06. The third kappa shape index (κ3) is 3.33. The molecule has 1 aromatic heterocycles. The summed E-state index contributed by atoms with van der Waals surface area (Å²) in [6.07, 6.45) is 1.93. The molecule has 2 N–H and O–H groups in total. The summed E-state index contributed by atoms with van der Waals surface area (Å²) >= 11 is 1.21. The van der Waals surface area contributed by atoms with Crippen LogP contribution in [0.25, 0.3) is 11.4 Å². The Labute approximate surface area is 127 Å². The maximum Gasteiger partial charge on any atom is 0.243 e. The molecule has 0 spiro atoms. The van der Waals surface area contributed by atoms with E-state index < -0.39 is 0 Å². The van der Waals surface area contributed by atoms with Gasteiger partial charge in [-0.05, 0) is 19.4 Å². The number of nitrogens with zero attached hydrogens (tertiary/aromatic N) is 2. The zero-order valence-electron chi connectivity index (χ0n) is 10.7. The number of aromatic nitrogens is 2. The van der Waals surface area contributed by atoms with Gasteiger partial charge in [-0.25, -0.2) is 0 Å². The van der Waals surface area contributed by atoms with Crippen LogP contribution in [-0.4, -0.2) is 27.9 Å². The van der Waals surface area contributed by atoms with Crippen molar-refractivity contribution < 1.29 is 4.79 Å². The number of carbonyl (C=O) groups excluding carboxylic acids is 1. The van der Waals surface area contributed by atoms with Gasteiger partial charge in [-0.3, -0.25) is 10.1 Å². The zero-order valence-corrected chi connectivity index (χ0v) is 12.3. The van der Waals surface area contributed by atoms with Crippen molar-refractivity contribution in [2.75, 3.05) is 11.9 Å². The van der Waals surface area contributed by atoms with Gasteiger partial charge in [0.05, 0.1) is 6.04 Å². The van der Waals surface area contributed by atoms with E-state index in [1.807, 2.05) is 30.3 Å². The second-order valence-corrected chi connectivity index (χ2v) is 5.18. The maximum absolute atomic E-state index is 11.9. The molecular formula is C13H15ClN4OS. The van der Waals surface area contributed by atoms with Gasteiger partial charge in [-0.2, -0.15) is 9.36 Å². The molecule has 0 radical (unpaired) electrons. The summed E-state index contributed by atoms with van der Waals surface area (Å²) in [5.74, 6) is 0.633. The van der Waals surface area contributed by atoms with Crippen molar-refractivity contribution in [2.24, 2.45) is 0 Å². The molecule has 1 fully saturated rings. The van der Waals surface area contributed by atoms with Crippen molar-refractivity contribution in [1.82, 2.24) is 14.7 Å². The Hall–Kier alpha value is -1.50. The van der Waals surface area contributed by atoms with Crippen LogP contribution in [0.2, 0.25) is 0 Å². The second-order valence-electron chi connectivity index (χ2n) is 4.43. The predicted molar refractivity (Wildman–Crippen MR) is 82.2 cm³/mol. The Bertz CT molecular complexity index is 569. The van der Waals surface area contributed by atoms with E-state index in [9.17, 15) is 4.79 Å². The Morgan fingerprint density at radius 1 is 1.35 bits per heavy atom. The predicted octanol–water partition coefficient (Wildman–Crippen LogP) is 2.32. The van der Waals surface area contributed by atoms with Crippen molar-refractivity contribution in [1.29, 1.82) is 0 Å². The van der Waals surface area contributed by atoms with E-state index in [1.165, 1.54) is 11.5 Å². The van der Waals surface area contributed by atoms with Crippen LogP contribution in [0.5, 0.6) is 0 Å². The molecule has 2 aromatic rings. The van der Waals surface area contributed by atoms with E-state index in [0.29, 0.717) is 11.0 Å². The molecule has 1 saturated heterocycles. The summed E-state index contributed by atoms with van der Waals surface area (Å²) in [7, 11) is 0. The number of nitrogens with one attached hydrogen (secondary N) is 2. The largest absolute Gasteiger partial charge is 0.306 e. The Balaban J connectivity index is 0.00000147. The summed E-state index contributed by atoms with van der Waals surface area (Å²) in [5.41, 5.74) is 0.957. The lowest BCUT2D eigenvalue weighted by Gasteiger charge is -2.07. The van der Waals surface area contributed by atoms with Crippen LogP contribution in [0.1, 0.15) is 12.8 Å². The van der Waals surface area contributed by atoms with Gasteiger partial charge in [0.2, 0.25) is 11.0 Å². The molecule has 1 unspecified atom stereocenters. The fourth-order valence-electron chi connectivity index (χ4n) is 2.08. The molecule has 7 heteroatoms. The van der Waals surface area contributed by atoms with Crippen molar-refractivity contribution in [2.45, 2.75) is 18.9 Å². The quantitative estimate of drug-likeness (QED) is 0.913. The zero-order chi connectivity index (χ0) is 13.1. The van der Waals surface area contributed by atoms with Crippen LogP contribution in [0, 0.1) is 0 Å². The molecule has 5 nitrogen and oxygen atoms in total. The number of rotatable bonds is 3. The summed E-state index contributed by atoms with van der Waals surface area (Å²) in [6.45, 7) is 0.906. The normalized spacial score (nSPS) is 17.5. The molecular weight excluding hydrogens is 296 g/mol. The van der Waals surface area contributed by atoms with Crippen molar-refractivity contribution in [3.63, 3.8) is 0 Å². The third-order valence-corrected chi connectivity index (χ3v) is 3.70. The number of anilines is 1. The van der Waals surface area contributed by atoms with E-state index in [0.717, 1.165) is 24.9 Å². The molecule has 1 aliphatic heterocycles. The van der Waals surface area contributed by atoms with Crippen LogP contribution in [0.3, 0.4) is 0 Å². The number of benzene rings is 1. The highest BCUT2D eigenvalue weighted by Crippen LogP contribution is 2.21. The molecule has 20 heavy (non-hydrogen) atoms. The SMILES string of the molecule is Cl.O=C(Nc1nc(-c2ccccc2)ns1)C1CCCN1. The van der Waals surface area contributed by atoms with Crippen molar-refractivity contribution in [3.8, 4) is 11.4 Å². The highest BCUT2D eigenvalue weighted by molar-refractivity contribution is 7.10. The van der Waals surface area contributed by atoms with Gasteiger partial charge in [0.25, 0.3) is 0 Å². The molecule has 1 aromatic carbocycles. The van der Waals surface area contributed by atoms with Gasteiger partial charge in [-0.15, -0.1) is 12.4 Å². The minimum atomic E-state index is -0.0934. The smallest absolute Gasteiger partial charge is 0.243 e. The lowest BCUT2D eigenvalue weighted by Crippen LogP contribution is -2.35. The fraction of sp³-hybridized carbons (Fsp3) is 0.308. The Kier molecular flexibility index (Phi) is 5.05. The van der Waals surface area contributed by atoms with Gasteiger partial charge in [0.1, 0.15) is 0 Å². The van der Waals surface area contributed by atoms with Gasteiger partial charge in [-0.1, -0.05) is 30.3 Å². The van der Waals surface area contributed by atoms with Crippen molar-refractivity contribution in [3.05, 3.63) is 30.3 Å². The molecule has 1 aliphatic rings. The van der Waals surface area contributed by atoms with Crippen LogP contribution >= 0.6 is 23.9 Å². The molecule has 106 valence electrons. The highest BCUT2D eigenvalue weighted by atomic mass is 35.5. The van der Waals surface area contributed by atoms with Crippen LogP contribution in [0.15, 0.2) is 30.3 Å². The summed E-state index contributed by atoms with van der Waals surface area (Å²) < 4.78 is 4.26. The standard InChI is InChI=1S/C13H14N4OS.ClH/c18-12(10-7-4-8-14-10)16-13-15-11(17-19-13)9-5-2-1-3-6-9;/h1-3,5-6,10,14H,4,7-8H2,(H,15,16,17,18);1H. The second kappa shape index (κ2) is 6.78. The number of halogens is 1. The maximum atomic E-state index is 11.9. The monoisotopic (exact) mass is 310 g/mol. The van der Waals surface area contributed by atoms with E-state index in [-0.39, 0.29) is 24.4 Å². The minimum Gasteiger partial charge on any atom is -0.306 e. The van der Waals surface area contributed by atoms with Gasteiger partial charge >= 0.3 is 0 Å². The van der Waals surface area contributed by atoms with E-state index in [1.54, 1.807) is 0 Å². The molecule has 1 atom stereocenters. The van der Waals surface area contributed by atoms with Crippen LogP contribution in [0.4, 0.5) is 5.13 Å². The molecule has 0 saturated carbocycles. The Morgan fingerprint density at radius 2 is 2.15 bits per heavy atom. The number of carbonyl (C=O) groups is 1. The average Bonchev–Trinajstić information content (AvgIpc) is 3.11. The first-order valence-corrected chi connectivity index (χ1v) is 7.03. The van der Waals surface area contributed by atoms with Gasteiger partial charge < -0.3 is 5.32 Å². The lowest BCUT2D eigenvalue weighted by molar-refractivity contribution is -0.117. The van der Waals surface area contributed by atoms with E-state index in [2.05, 4.69) is 20.0 Å². The van der Waals surface area contributed by atoms with Crippen LogP contribution in [-0.2, 0) is 4.79 Å². The molecule has 0 bridgehead atoms. The average molecular weight is 311 g/mol. The molecule has 2 heterocycles. The topological polar surface area (TPSA) is 66.9 Å². The summed E-state index contributed by atoms with van der Waals surface area (Å²) in [5, 5.41) is 6.53. The Morgan fingerprint density at radius 3 is 2.85 bits per heavy atom. The highest BCUT2D eigenvalue weighted by Gasteiger charge is 2.22. The fourth-order valence-corrected chi connectivity index (χ4v) is 2.67. The van der Waals surface area contributed by atoms with Gasteiger partial charge in [0.15, 0.2) is 5.82 Å². The number of hydrogen-bond acceptors (Lipinski definition) is 5. The van der Waals surface area contributed by atoms with E-state index in [4.69, 9.17) is 0 Å². The number of hydrogen-bond donors (Lipinski definition) is 2. The van der Waals surface area contributed by atoms with Crippen LogP contribution < -0.4 is 10.6 Å². The molecule has 1 amide bonds. The van der Waals surface area contributed by atoms with E-state index >= 15 is 0 Å². The first-order chi connectivity index (χ1) is 9.33. The lowest BCUT2D eigenvalue weighted by atomic mass is 10.2. The summed E-state index contributed by atoms with van der Waals surface area (Å²) in [4.78, 5) is 16.3. The first-order valence-electron chi connectivity index (χ1n) is 6.26. The summed E-state index contributed by atoms with van der Waals surface area (Å²) in [6, 6.07) is 9.64. The van der Waals surface area contributed by atoms with Crippen molar-refractivity contribution >= 4 is 35.0 Å². The van der Waals surface area contributed by atoms with Gasteiger partial charge in [0, 0.05) is 17.1 Å². The first kappa shape index (κ1) is 14.9.